The molecule has 0 aliphatic heterocycles. The van der Waals surface area contributed by atoms with Gasteiger partial charge in [0.1, 0.15) is 0 Å². The van der Waals surface area contributed by atoms with Crippen LogP contribution in [0.25, 0.3) is 38.5 Å². The maximum absolute atomic E-state index is 2.48. The van der Waals surface area contributed by atoms with Crippen molar-refractivity contribution in [1.29, 1.82) is 0 Å². The molecule has 0 fully saturated rings. The van der Waals surface area contributed by atoms with Crippen molar-refractivity contribution in [3.05, 3.63) is 103 Å². The van der Waals surface area contributed by atoms with Crippen molar-refractivity contribution in [2.45, 2.75) is 26.3 Å². The highest BCUT2D eigenvalue weighted by Crippen LogP contribution is 2.32. The first-order valence-corrected chi connectivity index (χ1v) is 10.5. The average Bonchev–Trinajstić information content (AvgIpc) is 2.75. The van der Waals surface area contributed by atoms with Gasteiger partial charge in [0.15, 0.2) is 0 Å². The molecule has 0 unspecified atom stereocenters. The van der Waals surface area contributed by atoms with Gasteiger partial charge in [0.2, 0.25) is 0 Å². The van der Waals surface area contributed by atoms with Crippen LogP contribution in [0.4, 0.5) is 0 Å². The molecule has 1 heterocycles. The summed E-state index contributed by atoms with van der Waals surface area (Å²) in [6.07, 6.45) is 0. The molecule has 5 rings (SSSR count). The first kappa shape index (κ1) is 18.5. The number of rotatable bonds is 1. The van der Waals surface area contributed by atoms with Gasteiger partial charge in [0.05, 0.1) is 16.6 Å². The summed E-state index contributed by atoms with van der Waals surface area (Å²) in [5, 5.41) is 2.49. The van der Waals surface area contributed by atoms with Gasteiger partial charge < -0.3 is 9.13 Å². The third-order valence-corrected chi connectivity index (χ3v) is 5.63. The Morgan fingerprint density at radius 3 is 1.57 bits per heavy atom. The maximum atomic E-state index is 2.48. The van der Waals surface area contributed by atoms with Crippen LogP contribution in [0.3, 0.4) is 0 Å². The monoisotopic (exact) mass is 390 g/mol. The van der Waals surface area contributed by atoms with Crippen molar-refractivity contribution in [3.63, 3.8) is 0 Å². The minimum atomic E-state index is -0.0964. The summed E-state index contributed by atoms with van der Waals surface area (Å²) in [6.45, 7) is 6.84. The number of hydrogen-bond acceptors (Lipinski definition) is 0. The lowest BCUT2D eigenvalue weighted by Crippen LogP contribution is -2.23. The molecule has 0 N–H and O–H groups in total. The van der Waals surface area contributed by atoms with E-state index in [-0.39, 0.29) is 5.54 Å². The van der Waals surface area contributed by atoms with Crippen LogP contribution in [0.1, 0.15) is 20.8 Å². The van der Waals surface area contributed by atoms with Crippen molar-refractivity contribution in [1.82, 2.24) is 9.13 Å². The Labute approximate surface area is 177 Å². The Hall–Kier alpha value is -3.52. The quantitative estimate of drug-likeness (QED) is 0.279. The Balaban J connectivity index is 2.21. The van der Waals surface area contributed by atoms with Gasteiger partial charge in [-0.1, -0.05) is 66.7 Å². The number of benzene rings is 4. The van der Waals surface area contributed by atoms with Crippen molar-refractivity contribution in [2.75, 3.05) is 0 Å². The predicted octanol–water partition coefficient (Wildman–Crippen LogP) is 7.62. The van der Waals surface area contributed by atoms with Gasteiger partial charge in [-0.15, -0.1) is 0 Å². The van der Waals surface area contributed by atoms with Crippen LogP contribution in [0.15, 0.2) is 103 Å². The summed E-state index contributed by atoms with van der Waals surface area (Å²) in [7, 11) is 0. The van der Waals surface area contributed by atoms with Crippen LogP contribution in [-0.4, -0.2) is 9.13 Å². The number of para-hydroxylation sites is 5. The third kappa shape index (κ3) is 2.96. The van der Waals surface area contributed by atoms with Crippen molar-refractivity contribution in [3.8, 4) is 5.69 Å². The largest absolute Gasteiger partial charge is 0.334 e. The fraction of sp³-hybridized carbons (Fsp3) is 0.143. The second kappa shape index (κ2) is 7.07. The highest BCUT2D eigenvalue weighted by atomic mass is 15.1. The summed E-state index contributed by atoms with van der Waals surface area (Å²) in [4.78, 5) is 0. The second-order valence-electron chi connectivity index (χ2n) is 8.70. The van der Waals surface area contributed by atoms with E-state index in [1.165, 1.54) is 32.8 Å². The van der Waals surface area contributed by atoms with Gasteiger partial charge in [-0.2, -0.15) is 0 Å². The summed E-state index contributed by atoms with van der Waals surface area (Å²) in [6, 6.07) is 36.9. The predicted molar refractivity (Wildman–Crippen MR) is 129 cm³/mol. The van der Waals surface area contributed by atoms with E-state index < -0.39 is 0 Å². The maximum Gasteiger partial charge on any atom is 0.0699 e. The Morgan fingerprint density at radius 2 is 0.933 bits per heavy atom. The molecule has 2 nitrogen and oxygen atoms in total. The van der Waals surface area contributed by atoms with E-state index in [2.05, 4.69) is 133 Å². The number of fused-ring (bicyclic) bond motifs is 4. The molecular weight excluding hydrogens is 364 g/mol. The van der Waals surface area contributed by atoms with E-state index in [0.717, 1.165) is 5.69 Å². The zero-order chi connectivity index (χ0) is 20.7. The Bertz CT molecular complexity index is 1410. The summed E-state index contributed by atoms with van der Waals surface area (Å²) < 4.78 is 4.86. The Morgan fingerprint density at radius 1 is 0.467 bits per heavy atom. The molecule has 0 aliphatic rings. The molecule has 0 bridgehead atoms. The molecule has 0 radical (unpaired) electrons. The lowest BCUT2D eigenvalue weighted by Gasteiger charge is -2.28. The molecule has 4 aromatic carbocycles. The number of hydrogen-bond donors (Lipinski definition) is 0. The van der Waals surface area contributed by atoms with Gasteiger partial charge in [-0.3, -0.25) is 0 Å². The summed E-state index contributed by atoms with van der Waals surface area (Å²) in [5.74, 6) is 0. The average molecular weight is 391 g/mol. The lowest BCUT2D eigenvalue weighted by molar-refractivity contribution is 0.422. The van der Waals surface area contributed by atoms with Gasteiger partial charge in [-0.05, 0) is 57.2 Å². The summed E-state index contributed by atoms with van der Waals surface area (Å²) in [5.41, 5.74) is 5.87. The van der Waals surface area contributed by atoms with E-state index in [1.54, 1.807) is 0 Å². The van der Waals surface area contributed by atoms with Crippen molar-refractivity contribution >= 4 is 32.8 Å². The number of aromatic nitrogens is 2. The van der Waals surface area contributed by atoms with E-state index in [4.69, 9.17) is 0 Å². The molecular formula is C28H26N2. The van der Waals surface area contributed by atoms with Crippen molar-refractivity contribution in [2.24, 2.45) is 0 Å². The van der Waals surface area contributed by atoms with E-state index >= 15 is 0 Å². The molecule has 148 valence electrons. The van der Waals surface area contributed by atoms with Gasteiger partial charge >= 0.3 is 0 Å². The smallest absolute Gasteiger partial charge is 0.0699 e. The van der Waals surface area contributed by atoms with Crippen LogP contribution in [-0.2, 0) is 5.54 Å². The fourth-order valence-electron chi connectivity index (χ4n) is 4.47. The molecule has 0 spiro atoms. The highest BCUT2D eigenvalue weighted by molar-refractivity contribution is 6.06. The molecule has 0 amide bonds. The van der Waals surface area contributed by atoms with Crippen LogP contribution in [0, 0.1) is 0 Å². The number of nitrogens with zero attached hydrogens (tertiary/aromatic N) is 2. The zero-order valence-electron chi connectivity index (χ0n) is 17.7. The fourth-order valence-corrected chi connectivity index (χ4v) is 4.47. The Kier molecular flexibility index (Phi) is 4.36. The van der Waals surface area contributed by atoms with E-state index in [1.807, 2.05) is 0 Å². The van der Waals surface area contributed by atoms with Crippen LogP contribution >= 0.6 is 0 Å². The van der Waals surface area contributed by atoms with Gasteiger partial charge in [0.25, 0.3) is 0 Å². The first-order chi connectivity index (χ1) is 14.6. The minimum Gasteiger partial charge on any atom is -0.334 e. The summed E-state index contributed by atoms with van der Waals surface area (Å²) >= 11 is 0. The van der Waals surface area contributed by atoms with E-state index in [0.29, 0.717) is 0 Å². The zero-order valence-corrected chi connectivity index (χ0v) is 17.7. The normalized spacial score (nSPS) is 11.8. The molecule has 0 saturated heterocycles. The van der Waals surface area contributed by atoms with Gasteiger partial charge in [-0.25, -0.2) is 0 Å². The molecule has 30 heavy (non-hydrogen) atoms. The lowest BCUT2D eigenvalue weighted by atomic mass is 10.0. The molecule has 0 saturated carbocycles. The molecule has 5 aromatic rings. The molecule has 2 heteroatoms. The van der Waals surface area contributed by atoms with Crippen LogP contribution < -0.4 is 0 Å². The third-order valence-electron chi connectivity index (χ3n) is 5.63. The molecule has 0 aliphatic carbocycles. The standard InChI is InChI=1S/C28H26N2/c1-28(2,3)30-25-18-10-8-16-23(25)22-15-7-9-17-24(22)29(21-13-5-4-6-14-21)26-19-11-12-20-27(26)30/h4-20H,1-3H3. The minimum absolute atomic E-state index is 0.0964. The SMILES string of the molecule is CC(C)(C)n1c2ccccc2c2ccccc2n(-c2ccccc2)c2ccccc21. The second-order valence-corrected chi connectivity index (χ2v) is 8.70. The van der Waals surface area contributed by atoms with Crippen molar-refractivity contribution < 1.29 is 0 Å². The topological polar surface area (TPSA) is 9.86 Å². The molecule has 1 aromatic heterocycles. The molecule has 0 atom stereocenters. The van der Waals surface area contributed by atoms with E-state index in [9.17, 15) is 0 Å². The highest BCUT2D eigenvalue weighted by Gasteiger charge is 2.18. The van der Waals surface area contributed by atoms with Crippen LogP contribution in [0.5, 0.6) is 0 Å². The van der Waals surface area contributed by atoms with Gasteiger partial charge in [0, 0.05) is 27.5 Å². The first-order valence-electron chi connectivity index (χ1n) is 10.5. The van der Waals surface area contributed by atoms with Crippen LogP contribution in [0.2, 0.25) is 0 Å².